The molecule has 2 aromatic heterocycles. The van der Waals surface area contributed by atoms with E-state index in [2.05, 4.69) is 59.2 Å². The number of fused-ring (bicyclic) bond motifs is 1. The fourth-order valence-electron chi connectivity index (χ4n) is 3.35. The average Bonchev–Trinajstić information content (AvgIpc) is 2.89. The summed E-state index contributed by atoms with van der Waals surface area (Å²) in [5.74, 6) is 1.26. The van der Waals surface area contributed by atoms with E-state index in [4.69, 9.17) is 5.26 Å². The van der Waals surface area contributed by atoms with Crippen molar-refractivity contribution in [3.05, 3.63) is 23.8 Å². The number of hydrogen-bond donors (Lipinski definition) is 0. The van der Waals surface area contributed by atoms with Gasteiger partial charge in [-0.3, -0.25) is 0 Å². The normalized spacial score (nSPS) is 16.4. The van der Waals surface area contributed by atoms with E-state index in [1.165, 1.54) is 37.8 Å². The molecule has 0 saturated heterocycles. The molecule has 1 aliphatic carbocycles. The Morgan fingerprint density at radius 3 is 2.71 bits per heavy atom. The predicted molar refractivity (Wildman–Crippen MR) is 99.9 cm³/mol. The first kappa shape index (κ1) is 17.3. The summed E-state index contributed by atoms with van der Waals surface area (Å²) in [7, 11) is 0. The summed E-state index contributed by atoms with van der Waals surface area (Å²) in [6.45, 7) is 7.62. The van der Waals surface area contributed by atoms with Crippen LogP contribution in [0.3, 0.4) is 0 Å². The Morgan fingerprint density at radius 2 is 2.04 bits per heavy atom. The van der Waals surface area contributed by atoms with Crippen molar-refractivity contribution < 1.29 is 0 Å². The van der Waals surface area contributed by atoms with Crippen LogP contribution in [0.4, 0.5) is 0 Å². The third-order valence-corrected chi connectivity index (χ3v) is 5.88. The van der Waals surface area contributed by atoms with Crippen molar-refractivity contribution in [2.45, 2.75) is 70.4 Å². The van der Waals surface area contributed by atoms with Crippen molar-refractivity contribution in [3.63, 3.8) is 0 Å². The lowest BCUT2D eigenvalue weighted by Gasteiger charge is -2.24. The molecule has 128 valence electrons. The lowest BCUT2D eigenvalue weighted by Crippen LogP contribution is -2.18. The van der Waals surface area contributed by atoms with Crippen LogP contribution in [0, 0.1) is 16.7 Å². The Balaban J connectivity index is 1.89. The fourth-order valence-corrected chi connectivity index (χ4v) is 4.67. The first-order chi connectivity index (χ1) is 11.5. The molecule has 0 atom stereocenters. The van der Waals surface area contributed by atoms with Gasteiger partial charge in [-0.15, -0.1) is 0 Å². The van der Waals surface area contributed by atoms with Crippen LogP contribution in [-0.2, 0) is 12.3 Å². The SMILES string of the molecule is CC(C)(C)Cn1c(CSC2CCCCC2)cc2cnc(C#N)nc21. The van der Waals surface area contributed by atoms with E-state index in [1.54, 1.807) is 6.20 Å². The highest BCUT2D eigenvalue weighted by Gasteiger charge is 2.20. The molecule has 0 unspecified atom stereocenters. The van der Waals surface area contributed by atoms with Crippen molar-refractivity contribution in [1.82, 2.24) is 14.5 Å². The summed E-state index contributed by atoms with van der Waals surface area (Å²) in [4.78, 5) is 8.61. The minimum absolute atomic E-state index is 0.161. The van der Waals surface area contributed by atoms with Gasteiger partial charge in [0.05, 0.1) is 0 Å². The van der Waals surface area contributed by atoms with Gasteiger partial charge in [0.1, 0.15) is 11.7 Å². The summed E-state index contributed by atoms with van der Waals surface area (Å²) < 4.78 is 2.30. The molecule has 2 aromatic rings. The van der Waals surface area contributed by atoms with Crippen molar-refractivity contribution in [2.24, 2.45) is 5.41 Å². The van der Waals surface area contributed by atoms with Crippen LogP contribution in [0.25, 0.3) is 11.0 Å². The minimum Gasteiger partial charge on any atom is -0.328 e. The second kappa shape index (κ2) is 7.14. The molecule has 1 fully saturated rings. The van der Waals surface area contributed by atoms with Crippen molar-refractivity contribution in [2.75, 3.05) is 0 Å². The maximum absolute atomic E-state index is 9.11. The number of hydrogen-bond acceptors (Lipinski definition) is 4. The summed E-state index contributed by atoms with van der Waals surface area (Å²) in [5.41, 5.74) is 2.36. The molecular weight excluding hydrogens is 316 g/mol. The van der Waals surface area contributed by atoms with Gasteiger partial charge >= 0.3 is 0 Å². The van der Waals surface area contributed by atoms with Crippen LogP contribution < -0.4 is 0 Å². The lowest BCUT2D eigenvalue weighted by atomic mass is 9.97. The summed E-state index contributed by atoms with van der Waals surface area (Å²) >= 11 is 2.08. The van der Waals surface area contributed by atoms with E-state index >= 15 is 0 Å². The van der Waals surface area contributed by atoms with E-state index in [-0.39, 0.29) is 11.2 Å². The Bertz CT molecular complexity index is 745. The van der Waals surface area contributed by atoms with Crippen LogP contribution in [0.15, 0.2) is 12.3 Å². The predicted octanol–water partition coefficient (Wildman–Crippen LogP) is 4.91. The molecule has 4 nitrogen and oxygen atoms in total. The zero-order valence-corrected chi connectivity index (χ0v) is 15.7. The van der Waals surface area contributed by atoms with E-state index in [1.807, 2.05) is 0 Å². The van der Waals surface area contributed by atoms with Crippen LogP contribution in [-0.4, -0.2) is 19.8 Å². The Labute approximate surface area is 148 Å². The van der Waals surface area contributed by atoms with Crippen LogP contribution in [0.2, 0.25) is 0 Å². The molecular formula is C19H26N4S. The maximum Gasteiger partial charge on any atom is 0.234 e. The molecule has 0 N–H and O–H groups in total. The Hall–Kier alpha value is -1.54. The van der Waals surface area contributed by atoms with Crippen molar-refractivity contribution >= 4 is 22.8 Å². The highest BCUT2D eigenvalue weighted by Crippen LogP contribution is 2.32. The van der Waals surface area contributed by atoms with Gasteiger partial charge in [-0.1, -0.05) is 40.0 Å². The van der Waals surface area contributed by atoms with Crippen LogP contribution in [0.1, 0.15) is 64.4 Å². The molecule has 0 amide bonds. The number of rotatable bonds is 4. The monoisotopic (exact) mass is 342 g/mol. The average molecular weight is 343 g/mol. The number of nitriles is 1. The third-order valence-electron chi connectivity index (χ3n) is 4.47. The molecule has 2 heterocycles. The van der Waals surface area contributed by atoms with Gasteiger partial charge in [0.25, 0.3) is 0 Å². The van der Waals surface area contributed by atoms with Crippen molar-refractivity contribution in [3.8, 4) is 6.07 Å². The molecule has 0 spiro atoms. The molecule has 1 saturated carbocycles. The molecule has 0 aliphatic heterocycles. The fraction of sp³-hybridized carbons (Fsp3) is 0.632. The Kier molecular flexibility index (Phi) is 5.15. The quantitative estimate of drug-likeness (QED) is 0.792. The van der Waals surface area contributed by atoms with E-state index in [0.29, 0.717) is 0 Å². The molecule has 3 rings (SSSR count). The van der Waals surface area contributed by atoms with Gasteiger partial charge in [0, 0.05) is 34.8 Å². The highest BCUT2D eigenvalue weighted by molar-refractivity contribution is 7.99. The number of nitrogens with zero attached hydrogens (tertiary/aromatic N) is 4. The number of aromatic nitrogens is 3. The van der Waals surface area contributed by atoms with Gasteiger partial charge in [-0.25, -0.2) is 9.97 Å². The van der Waals surface area contributed by atoms with E-state index < -0.39 is 0 Å². The van der Waals surface area contributed by atoms with Gasteiger partial charge < -0.3 is 4.57 Å². The largest absolute Gasteiger partial charge is 0.328 e. The van der Waals surface area contributed by atoms with Gasteiger partial charge in [-0.05, 0) is 24.3 Å². The molecule has 0 bridgehead atoms. The second-order valence-corrected chi connectivity index (χ2v) is 9.23. The Morgan fingerprint density at radius 1 is 1.29 bits per heavy atom. The van der Waals surface area contributed by atoms with Gasteiger partial charge in [0.15, 0.2) is 0 Å². The second-order valence-electron chi connectivity index (χ2n) is 7.94. The molecule has 5 heteroatoms. The maximum atomic E-state index is 9.11. The smallest absolute Gasteiger partial charge is 0.234 e. The van der Waals surface area contributed by atoms with E-state index in [9.17, 15) is 0 Å². The lowest BCUT2D eigenvalue weighted by molar-refractivity contribution is 0.345. The first-order valence-electron chi connectivity index (χ1n) is 8.83. The molecule has 24 heavy (non-hydrogen) atoms. The van der Waals surface area contributed by atoms with Crippen molar-refractivity contribution in [1.29, 1.82) is 5.26 Å². The van der Waals surface area contributed by atoms with Crippen LogP contribution >= 0.6 is 11.8 Å². The van der Waals surface area contributed by atoms with E-state index in [0.717, 1.165) is 28.6 Å². The zero-order valence-electron chi connectivity index (χ0n) is 14.9. The number of thioether (sulfide) groups is 1. The first-order valence-corrected chi connectivity index (χ1v) is 9.88. The summed E-state index contributed by atoms with van der Waals surface area (Å²) in [5, 5.41) is 10.9. The summed E-state index contributed by atoms with van der Waals surface area (Å²) in [6, 6.07) is 4.27. The summed E-state index contributed by atoms with van der Waals surface area (Å²) in [6.07, 6.45) is 8.63. The standard InChI is InChI=1S/C19H26N4S/c1-19(2,3)13-23-15(12-24-16-7-5-4-6-8-16)9-14-11-21-17(10-20)22-18(14)23/h9,11,16H,4-8,12-13H2,1-3H3. The third kappa shape index (κ3) is 4.10. The highest BCUT2D eigenvalue weighted by atomic mass is 32.2. The molecule has 0 radical (unpaired) electrons. The molecule has 1 aliphatic rings. The van der Waals surface area contributed by atoms with Crippen LogP contribution in [0.5, 0.6) is 0 Å². The molecule has 0 aromatic carbocycles. The minimum atomic E-state index is 0.161. The topological polar surface area (TPSA) is 54.5 Å². The van der Waals surface area contributed by atoms with Gasteiger partial charge in [-0.2, -0.15) is 17.0 Å². The van der Waals surface area contributed by atoms with Gasteiger partial charge in [0.2, 0.25) is 5.82 Å². The zero-order chi connectivity index (χ0) is 17.2.